The van der Waals surface area contributed by atoms with Crippen molar-refractivity contribution in [2.45, 2.75) is 0 Å². The van der Waals surface area contributed by atoms with Crippen LogP contribution >= 0.6 is 0 Å². The SMILES string of the molecule is O/N=C\c1cccc2occc12. The number of hydrogen-bond acceptors (Lipinski definition) is 3. The Morgan fingerprint density at radius 2 is 2.25 bits per heavy atom. The molecular formula is C9H7NO2. The largest absolute Gasteiger partial charge is 0.464 e. The second-order valence-corrected chi connectivity index (χ2v) is 2.42. The van der Waals surface area contributed by atoms with Crippen LogP contribution in [-0.4, -0.2) is 11.4 Å². The molecule has 1 heterocycles. The quantitative estimate of drug-likeness (QED) is 0.396. The monoisotopic (exact) mass is 161 g/mol. The van der Waals surface area contributed by atoms with E-state index >= 15 is 0 Å². The summed E-state index contributed by atoms with van der Waals surface area (Å²) in [4.78, 5) is 0. The summed E-state index contributed by atoms with van der Waals surface area (Å²) >= 11 is 0. The van der Waals surface area contributed by atoms with Gasteiger partial charge in [-0.05, 0) is 12.1 Å². The minimum absolute atomic E-state index is 0.799. The van der Waals surface area contributed by atoms with E-state index in [1.165, 1.54) is 6.21 Å². The summed E-state index contributed by atoms with van der Waals surface area (Å²) in [7, 11) is 0. The van der Waals surface area contributed by atoms with Gasteiger partial charge in [0.2, 0.25) is 0 Å². The normalized spacial score (nSPS) is 11.3. The lowest BCUT2D eigenvalue weighted by atomic mass is 10.1. The van der Waals surface area contributed by atoms with Crippen LogP contribution in [0.25, 0.3) is 11.0 Å². The molecule has 0 amide bonds. The molecule has 0 spiro atoms. The lowest BCUT2D eigenvalue weighted by Crippen LogP contribution is -1.80. The van der Waals surface area contributed by atoms with E-state index in [1.54, 1.807) is 6.26 Å². The molecule has 0 fully saturated rings. The molecule has 0 saturated heterocycles. The Morgan fingerprint density at radius 1 is 1.33 bits per heavy atom. The van der Waals surface area contributed by atoms with E-state index in [9.17, 15) is 0 Å². The van der Waals surface area contributed by atoms with Gasteiger partial charge in [0, 0.05) is 10.9 Å². The summed E-state index contributed by atoms with van der Waals surface area (Å²) in [5.74, 6) is 0. The Labute approximate surface area is 68.9 Å². The van der Waals surface area contributed by atoms with Gasteiger partial charge in [-0.2, -0.15) is 0 Å². The molecule has 1 aromatic carbocycles. The summed E-state index contributed by atoms with van der Waals surface area (Å²) in [5.41, 5.74) is 1.65. The lowest BCUT2D eigenvalue weighted by molar-refractivity contribution is 0.322. The van der Waals surface area contributed by atoms with Gasteiger partial charge < -0.3 is 9.62 Å². The Morgan fingerprint density at radius 3 is 3.08 bits per heavy atom. The number of fused-ring (bicyclic) bond motifs is 1. The van der Waals surface area contributed by atoms with Gasteiger partial charge in [-0.25, -0.2) is 0 Å². The summed E-state index contributed by atoms with van der Waals surface area (Å²) in [6.45, 7) is 0. The molecule has 0 atom stereocenters. The highest BCUT2D eigenvalue weighted by Crippen LogP contribution is 2.17. The van der Waals surface area contributed by atoms with Crippen LogP contribution in [0.2, 0.25) is 0 Å². The maximum Gasteiger partial charge on any atom is 0.134 e. The second-order valence-electron chi connectivity index (χ2n) is 2.42. The van der Waals surface area contributed by atoms with Gasteiger partial charge in [-0.1, -0.05) is 17.3 Å². The van der Waals surface area contributed by atoms with Crippen LogP contribution in [0.3, 0.4) is 0 Å². The molecule has 1 aromatic heterocycles. The van der Waals surface area contributed by atoms with Gasteiger partial charge in [0.05, 0.1) is 12.5 Å². The van der Waals surface area contributed by atoms with Gasteiger partial charge in [0.1, 0.15) is 5.58 Å². The first kappa shape index (κ1) is 6.91. The summed E-state index contributed by atoms with van der Waals surface area (Å²) < 4.78 is 5.16. The molecule has 0 bridgehead atoms. The molecule has 2 rings (SSSR count). The summed E-state index contributed by atoms with van der Waals surface area (Å²) in [6, 6.07) is 7.41. The number of hydrogen-bond donors (Lipinski definition) is 1. The zero-order valence-corrected chi connectivity index (χ0v) is 6.27. The van der Waals surface area contributed by atoms with Crippen molar-refractivity contribution in [3.8, 4) is 0 Å². The first-order valence-corrected chi connectivity index (χ1v) is 3.55. The topological polar surface area (TPSA) is 45.7 Å². The fraction of sp³-hybridized carbons (Fsp3) is 0. The van der Waals surface area contributed by atoms with Crippen molar-refractivity contribution in [3.63, 3.8) is 0 Å². The molecule has 3 nitrogen and oxygen atoms in total. The van der Waals surface area contributed by atoms with E-state index in [1.807, 2.05) is 24.3 Å². The zero-order chi connectivity index (χ0) is 8.39. The van der Waals surface area contributed by atoms with E-state index in [4.69, 9.17) is 9.62 Å². The molecule has 2 aromatic rings. The van der Waals surface area contributed by atoms with Crippen molar-refractivity contribution < 1.29 is 9.62 Å². The van der Waals surface area contributed by atoms with Gasteiger partial charge in [-0.3, -0.25) is 0 Å². The van der Waals surface area contributed by atoms with Crippen molar-refractivity contribution in [1.29, 1.82) is 0 Å². The molecule has 0 radical (unpaired) electrons. The van der Waals surface area contributed by atoms with Crippen molar-refractivity contribution in [2.75, 3.05) is 0 Å². The Bertz CT molecular complexity index is 417. The smallest absolute Gasteiger partial charge is 0.134 e. The van der Waals surface area contributed by atoms with Crippen LogP contribution < -0.4 is 0 Å². The lowest BCUT2D eigenvalue weighted by Gasteiger charge is -1.91. The Hall–Kier alpha value is -1.77. The summed E-state index contributed by atoms with van der Waals surface area (Å²) in [5, 5.41) is 12.3. The van der Waals surface area contributed by atoms with Gasteiger partial charge in [0.15, 0.2) is 0 Å². The van der Waals surface area contributed by atoms with Crippen LogP contribution in [0.4, 0.5) is 0 Å². The summed E-state index contributed by atoms with van der Waals surface area (Å²) in [6.07, 6.45) is 3.00. The highest BCUT2D eigenvalue weighted by molar-refractivity contribution is 5.97. The van der Waals surface area contributed by atoms with Crippen LogP contribution in [-0.2, 0) is 0 Å². The van der Waals surface area contributed by atoms with E-state index < -0.39 is 0 Å². The van der Waals surface area contributed by atoms with Gasteiger partial charge in [-0.15, -0.1) is 0 Å². The molecule has 0 aliphatic heterocycles. The fourth-order valence-electron chi connectivity index (χ4n) is 1.19. The molecule has 0 aliphatic carbocycles. The maximum absolute atomic E-state index is 8.36. The number of oxime groups is 1. The predicted octanol–water partition coefficient (Wildman–Crippen LogP) is 2.24. The number of rotatable bonds is 1. The predicted molar refractivity (Wildman–Crippen MR) is 45.6 cm³/mol. The molecule has 0 aliphatic rings. The van der Waals surface area contributed by atoms with Crippen molar-refractivity contribution >= 4 is 17.2 Å². The molecule has 3 heteroatoms. The molecular weight excluding hydrogens is 154 g/mol. The van der Waals surface area contributed by atoms with Crippen LogP contribution in [0, 0.1) is 0 Å². The molecule has 0 unspecified atom stereocenters. The molecule has 1 N–H and O–H groups in total. The van der Waals surface area contributed by atoms with E-state index in [2.05, 4.69) is 5.16 Å². The van der Waals surface area contributed by atoms with Crippen molar-refractivity contribution in [3.05, 3.63) is 36.1 Å². The number of benzene rings is 1. The van der Waals surface area contributed by atoms with Gasteiger partial charge in [0.25, 0.3) is 0 Å². The Kier molecular flexibility index (Phi) is 1.55. The molecule has 60 valence electrons. The van der Waals surface area contributed by atoms with Gasteiger partial charge >= 0.3 is 0 Å². The van der Waals surface area contributed by atoms with E-state index in [0.717, 1.165) is 16.5 Å². The average molecular weight is 161 g/mol. The van der Waals surface area contributed by atoms with E-state index in [0.29, 0.717) is 0 Å². The third-order valence-corrected chi connectivity index (χ3v) is 1.73. The van der Waals surface area contributed by atoms with Crippen LogP contribution in [0.1, 0.15) is 5.56 Å². The third kappa shape index (κ3) is 0.955. The standard InChI is InChI=1S/C9H7NO2/c11-10-6-7-2-1-3-9-8(7)4-5-12-9/h1-6,11H/b10-6-. The highest BCUT2D eigenvalue weighted by Gasteiger charge is 1.99. The Balaban J connectivity index is 2.73. The minimum atomic E-state index is 0.799. The van der Waals surface area contributed by atoms with Crippen LogP contribution in [0.15, 0.2) is 40.1 Å². The van der Waals surface area contributed by atoms with Crippen LogP contribution in [0.5, 0.6) is 0 Å². The third-order valence-electron chi connectivity index (χ3n) is 1.73. The zero-order valence-electron chi connectivity index (χ0n) is 6.27. The first-order valence-electron chi connectivity index (χ1n) is 3.55. The number of furan rings is 1. The average Bonchev–Trinajstić information content (AvgIpc) is 2.53. The van der Waals surface area contributed by atoms with Crippen molar-refractivity contribution in [2.24, 2.45) is 5.16 Å². The fourth-order valence-corrected chi connectivity index (χ4v) is 1.19. The maximum atomic E-state index is 8.36. The highest BCUT2D eigenvalue weighted by atomic mass is 16.4. The van der Waals surface area contributed by atoms with E-state index in [-0.39, 0.29) is 0 Å². The second kappa shape index (κ2) is 2.70. The minimum Gasteiger partial charge on any atom is -0.464 e. The van der Waals surface area contributed by atoms with Crippen molar-refractivity contribution in [1.82, 2.24) is 0 Å². The number of nitrogens with zero attached hydrogens (tertiary/aromatic N) is 1. The molecule has 12 heavy (non-hydrogen) atoms. The molecule has 0 saturated carbocycles. The first-order chi connectivity index (χ1) is 5.92.